The molecule has 11 nitrogen and oxygen atoms in total. The first-order valence-electron chi connectivity index (χ1n) is 18.7. The Bertz CT molecular complexity index is 2500. The minimum Gasteiger partial charge on any atom is -0.480 e. The zero-order valence-electron chi connectivity index (χ0n) is 31.5. The molecular formula is C43H41F2N5O6. The summed E-state index contributed by atoms with van der Waals surface area (Å²) in [6, 6.07) is 20.2. The Hall–Kier alpha value is -5.68. The van der Waals surface area contributed by atoms with Gasteiger partial charge in [-0.1, -0.05) is 24.3 Å². The molecule has 288 valence electrons. The molecule has 0 spiro atoms. The molecule has 1 N–H and O–H groups in total. The van der Waals surface area contributed by atoms with Crippen molar-refractivity contribution in [3.8, 4) is 45.9 Å². The van der Waals surface area contributed by atoms with Gasteiger partial charge in [0.1, 0.15) is 28.9 Å². The summed E-state index contributed by atoms with van der Waals surface area (Å²) in [5, 5.41) is 19.7. The molecule has 2 aliphatic heterocycles. The van der Waals surface area contributed by atoms with Crippen LogP contribution in [0.1, 0.15) is 54.5 Å². The summed E-state index contributed by atoms with van der Waals surface area (Å²) in [4.78, 5) is 25.5. The van der Waals surface area contributed by atoms with Crippen LogP contribution in [0.4, 0.5) is 8.78 Å². The number of rotatable bonds is 12. The Morgan fingerprint density at radius 3 is 2.25 bits per heavy atom. The van der Waals surface area contributed by atoms with E-state index in [1.165, 1.54) is 6.07 Å². The number of likely N-dealkylation sites (tertiary alicyclic amines) is 2. The van der Waals surface area contributed by atoms with Crippen molar-refractivity contribution in [1.29, 1.82) is 5.26 Å². The lowest BCUT2D eigenvalue weighted by Crippen LogP contribution is -2.52. The molecule has 4 heterocycles. The molecule has 0 aliphatic carbocycles. The minimum absolute atomic E-state index is 0.0806. The molecule has 2 fully saturated rings. The largest absolute Gasteiger partial charge is 0.480 e. The number of hydrogen-bond donors (Lipinski definition) is 1. The fourth-order valence-electron chi connectivity index (χ4n) is 8.04. The zero-order chi connectivity index (χ0) is 39.2. The van der Waals surface area contributed by atoms with Gasteiger partial charge in [-0.15, -0.1) is 0 Å². The van der Waals surface area contributed by atoms with E-state index in [4.69, 9.17) is 28.3 Å². The minimum atomic E-state index is -3.07. The van der Waals surface area contributed by atoms with Gasteiger partial charge in [0.25, 0.3) is 0 Å². The lowest BCUT2D eigenvalue weighted by atomic mass is 9.91. The molecule has 0 radical (unpaired) electrons. The Morgan fingerprint density at radius 1 is 0.946 bits per heavy atom. The van der Waals surface area contributed by atoms with Gasteiger partial charge in [0.05, 0.1) is 17.8 Å². The summed E-state index contributed by atoms with van der Waals surface area (Å²) in [6.07, 6.45) is 1.59. The van der Waals surface area contributed by atoms with Crippen molar-refractivity contribution < 1.29 is 37.0 Å². The lowest BCUT2D eigenvalue weighted by molar-refractivity contribution is -0.142. The Balaban J connectivity index is 1.10. The summed E-state index contributed by atoms with van der Waals surface area (Å²) in [6.45, 7) is 7.99. The summed E-state index contributed by atoms with van der Waals surface area (Å²) in [7, 11) is 0. The summed E-state index contributed by atoms with van der Waals surface area (Å²) >= 11 is 0. The first kappa shape index (κ1) is 37.3. The maximum absolute atomic E-state index is 13.5. The van der Waals surface area contributed by atoms with Crippen molar-refractivity contribution in [1.82, 2.24) is 19.8 Å². The third kappa shape index (κ3) is 7.23. The molecule has 2 aliphatic rings. The standard InChI is InChI=1S/C43H41F2N5O6/c1-23(2)53-29-21-49(22-29)19-26-14-27(18-46)39-35(15-26)48-41(56-39)33-11-6-9-31(25(33)4)30-8-5-10-32(24(30)3)40-47-34-16-28(20-50-13-7-12-36(50)42(51)52)37(55-43(44)45)17-38(34)54-40/h5-6,8-11,14-17,23,29,36,43H,7,12-13,19-22H2,1-4H3,(H,51,52)/t36-/m0/s1. The van der Waals surface area contributed by atoms with Crippen molar-refractivity contribution in [2.75, 3.05) is 19.6 Å². The number of alkyl halides is 2. The number of fused-ring (bicyclic) bond motifs is 2. The van der Waals surface area contributed by atoms with Gasteiger partial charge in [-0.05, 0) is 105 Å². The fraction of sp³-hybridized carbons (Fsp3) is 0.349. The van der Waals surface area contributed by atoms with Crippen LogP contribution in [0, 0.1) is 25.2 Å². The average Bonchev–Trinajstić information content (AvgIpc) is 3.89. The van der Waals surface area contributed by atoms with Gasteiger partial charge >= 0.3 is 12.6 Å². The van der Waals surface area contributed by atoms with E-state index in [-0.39, 0.29) is 30.1 Å². The molecule has 0 bridgehead atoms. The third-order valence-corrected chi connectivity index (χ3v) is 10.7. The first-order chi connectivity index (χ1) is 26.9. The highest BCUT2D eigenvalue weighted by Gasteiger charge is 2.32. The van der Waals surface area contributed by atoms with Crippen molar-refractivity contribution in [3.05, 3.63) is 88.5 Å². The van der Waals surface area contributed by atoms with E-state index in [9.17, 15) is 23.9 Å². The highest BCUT2D eigenvalue weighted by atomic mass is 19.3. The van der Waals surface area contributed by atoms with E-state index in [1.807, 2.05) is 76.2 Å². The third-order valence-electron chi connectivity index (χ3n) is 10.7. The molecule has 0 saturated carbocycles. The lowest BCUT2D eigenvalue weighted by Gasteiger charge is -2.39. The number of oxazole rings is 2. The molecule has 56 heavy (non-hydrogen) atoms. The van der Waals surface area contributed by atoms with Gasteiger partial charge < -0.3 is 23.4 Å². The van der Waals surface area contributed by atoms with Crippen LogP contribution < -0.4 is 4.74 Å². The van der Waals surface area contributed by atoms with E-state index in [0.29, 0.717) is 71.0 Å². The number of halogens is 2. The number of nitrogens with zero attached hydrogens (tertiary/aromatic N) is 5. The highest BCUT2D eigenvalue weighted by molar-refractivity contribution is 5.86. The van der Waals surface area contributed by atoms with Gasteiger partial charge in [0.15, 0.2) is 11.2 Å². The summed E-state index contributed by atoms with van der Waals surface area (Å²) in [5.41, 5.74) is 8.76. The number of carbonyl (C=O) groups is 1. The Kier molecular flexibility index (Phi) is 10.0. The summed E-state index contributed by atoms with van der Waals surface area (Å²) < 4.78 is 50.3. The highest BCUT2D eigenvalue weighted by Crippen LogP contribution is 2.39. The second-order valence-corrected chi connectivity index (χ2v) is 14.9. The van der Waals surface area contributed by atoms with Crippen molar-refractivity contribution in [2.24, 2.45) is 0 Å². The van der Waals surface area contributed by atoms with Crippen LogP contribution in [0.25, 0.3) is 56.2 Å². The van der Waals surface area contributed by atoms with Gasteiger partial charge in [0, 0.05) is 48.9 Å². The van der Waals surface area contributed by atoms with Crippen LogP contribution in [-0.4, -0.2) is 75.3 Å². The van der Waals surface area contributed by atoms with Gasteiger partial charge in [-0.3, -0.25) is 14.6 Å². The maximum atomic E-state index is 13.5. The van der Waals surface area contributed by atoms with Crippen LogP contribution in [0.3, 0.4) is 0 Å². The van der Waals surface area contributed by atoms with Crippen LogP contribution in [0.15, 0.2) is 69.5 Å². The predicted molar refractivity (Wildman–Crippen MR) is 205 cm³/mol. The van der Waals surface area contributed by atoms with Crippen molar-refractivity contribution >= 4 is 28.2 Å². The quantitative estimate of drug-likeness (QED) is 0.128. The molecular weight excluding hydrogens is 720 g/mol. The number of ether oxygens (including phenoxy) is 2. The topological polar surface area (TPSA) is 138 Å². The average molecular weight is 762 g/mol. The SMILES string of the molecule is Cc1c(-c2nc3cc(CN4CCC[C@H]4C(=O)O)c(OC(F)F)cc3o2)cccc1-c1cccc(-c2nc3cc(CN4CC(OC(C)C)C4)cc(C#N)c3o2)c1C. The van der Waals surface area contributed by atoms with Crippen LogP contribution in [-0.2, 0) is 22.6 Å². The van der Waals surface area contributed by atoms with E-state index < -0.39 is 18.6 Å². The van der Waals surface area contributed by atoms with Crippen LogP contribution in [0.2, 0.25) is 0 Å². The first-order valence-corrected chi connectivity index (χ1v) is 18.7. The Labute approximate surface area is 322 Å². The molecule has 1 atom stereocenters. The van der Waals surface area contributed by atoms with Crippen molar-refractivity contribution in [2.45, 2.75) is 78.5 Å². The maximum Gasteiger partial charge on any atom is 0.387 e. The molecule has 0 unspecified atom stereocenters. The smallest absolute Gasteiger partial charge is 0.387 e. The molecule has 0 amide bonds. The number of nitriles is 1. The number of aromatic nitrogens is 2. The molecule has 6 aromatic rings. The normalized spacial score (nSPS) is 16.7. The fourth-order valence-corrected chi connectivity index (χ4v) is 8.04. The number of aliphatic carboxylic acids is 1. The number of benzene rings is 4. The number of carboxylic acids is 1. The van der Waals surface area contributed by atoms with E-state index >= 15 is 0 Å². The molecule has 2 saturated heterocycles. The van der Waals surface area contributed by atoms with Crippen molar-refractivity contribution in [3.63, 3.8) is 0 Å². The van der Waals surface area contributed by atoms with Crippen LogP contribution >= 0.6 is 0 Å². The molecule has 13 heteroatoms. The molecule has 8 rings (SSSR count). The number of hydrogen-bond acceptors (Lipinski definition) is 10. The van der Waals surface area contributed by atoms with Crippen LogP contribution in [0.5, 0.6) is 5.75 Å². The Morgan fingerprint density at radius 2 is 1.61 bits per heavy atom. The second-order valence-electron chi connectivity index (χ2n) is 14.9. The van der Waals surface area contributed by atoms with Gasteiger partial charge in [-0.25, -0.2) is 9.97 Å². The monoisotopic (exact) mass is 761 g/mol. The van der Waals surface area contributed by atoms with Gasteiger partial charge in [0.2, 0.25) is 11.8 Å². The van der Waals surface area contributed by atoms with E-state index in [1.54, 1.807) is 11.0 Å². The molecule has 4 aromatic carbocycles. The molecule has 2 aromatic heterocycles. The predicted octanol–water partition coefficient (Wildman–Crippen LogP) is 8.72. The van der Waals surface area contributed by atoms with Gasteiger partial charge in [-0.2, -0.15) is 14.0 Å². The second kappa shape index (κ2) is 15.1. The van der Waals surface area contributed by atoms with E-state index in [2.05, 4.69) is 11.0 Å². The van der Waals surface area contributed by atoms with E-state index in [0.717, 1.165) is 46.5 Å². The number of carboxylic acid groups (broad SMARTS) is 1. The zero-order valence-corrected chi connectivity index (χ0v) is 31.5. The summed E-state index contributed by atoms with van der Waals surface area (Å²) in [5.74, 6) is -0.308.